The lowest BCUT2D eigenvalue weighted by molar-refractivity contribution is -0.127. The van der Waals surface area contributed by atoms with E-state index < -0.39 is 0 Å². The number of nitrogens with zero attached hydrogens (tertiary/aromatic N) is 3. The fraction of sp³-hybridized carbons (Fsp3) is 0.421. The zero-order valence-electron chi connectivity index (χ0n) is 15.8. The number of fused-ring (bicyclic) bond motifs is 1. The number of rotatable bonds is 8. The molecule has 3 aromatic rings. The van der Waals surface area contributed by atoms with Crippen LogP contribution in [0.1, 0.15) is 31.2 Å². The summed E-state index contributed by atoms with van der Waals surface area (Å²) in [6, 6.07) is 5.44. The second kappa shape index (κ2) is 8.47. The topological polar surface area (TPSA) is 84.1 Å². The van der Waals surface area contributed by atoms with Gasteiger partial charge in [0.25, 0.3) is 5.56 Å². The molecular weight excluding hydrogens is 364 g/mol. The van der Waals surface area contributed by atoms with E-state index in [1.807, 2.05) is 19.1 Å². The standard InChI is InChI=1S/C19H24N4O3S/c1-4-5-8-22(3)16(24)12-27-19-21-15-10-13(2)20-17(15)18(25)23(19)11-14-7-6-9-26-14/h6-7,9-10,20H,4-5,8,11-12H2,1-3H3. The lowest BCUT2D eigenvalue weighted by Gasteiger charge is -2.17. The van der Waals surface area contributed by atoms with Crippen molar-refractivity contribution in [2.45, 2.75) is 38.4 Å². The van der Waals surface area contributed by atoms with Crippen LogP contribution in [-0.2, 0) is 11.3 Å². The second-order valence-electron chi connectivity index (χ2n) is 6.54. The Labute approximate surface area is 161 Å². The number of aromatic nitrogens is 3. The van der Waals surface area contributed by atoms with E-state index in [9.17, 15) is 9.59 Å². The molecule has 0 atom stereocenters. The third-order valence-electron chi connectivity index (χ3n) is 4.33. The lowest BCUT2D eigenvalue weighted by Crippen LogP contribution is -2.30. The van der Waals surface area contributed by atoms with E-state index in [4.69, 9.17) is 4.42 Å². The van der Waals surface area contributed by atoms with E-state index in [-0.39, 0.29) is 23.8 Å². The lowest BCUT2D eigenvalue weighted by atomic mass is 10.3. The summed E-state index contributed by atoms with van der Waals surface area (Å²) in [5.74, 6) is 0.923. The minimum Gasteiger partial charge on any atom is -0.467 e. The summed E-state index contributed by atoms with van der Waals surface area (Å²) in [5, 5.41) is 0.514. The van der Waals surface area contributed by atoms with E-state index in [1.165, 1.54) is 11.8 Å². The Morgan fingerprint density at radius 2 is 2.26 bits per heavy atom. The van der Waals surface area contributed by atoms with Gasteiger partial charge in [0.15, 0.2) is 5.16 Å². The van der Waals surface area contributed by atoms with Crippen LogP contribution < -0.4 is 5.56 Å². The molecule has 0 aliphatic heterocycles. The van der Waals surface area contributed by atoms with Gasteiger partial charge in [0.1, 0.15) is 11.3 Å². The van der Waals surface area contributed by atoms with Crippen LogP contribution in [0, 0.1) is 6.92 Å². The van der Waals surface area contributed by atoms with Gasteiger partial charge in [-0.05, 0) is 31.5 Å². The van der Waals surface area contributed by atoms with Crippen LogP contribution in [0.4, 0.5) is 0 Å². The van der Waals surface area contributed by atoms with Gasteiger partial charge in [-0.1, -0.05) is 25.1 Å². The van der Waals surface area contributed by atoms with E-state index in [0.717, 1.165) is 25.1 Å². The van der Waals surface area contributed by atoms with Gasteiger partial charge < -0.3 is 14.3 Å². The quantitative estimate of drug-likeness (QED) is 0.474. The highest BCUT2D eigenvalue weighted by molar-refractivity contribution is 7.99. The van der Waals surface area contributed by atoms with Crippen molar-refractivity contribution < 1.29 is 9.21 Å². The number of furan rings is 1. The summed E-state index contributed by atoms with van der Waals surface area (Å²) in [7, 11) is 1.81. The number of hydrogen-bond donors (Lipinski definition) is 1. The van der Waals surface area contributed by atoms with Gasteiger partial charge in [0, 0.05) is 19.3 Å². The third-order valence-corrected chi connectivity index (χ3v) is 5.29. The van der Waals surface area contributed by atoms with Crippen LogP contribution in [0.3, 0.4) is 0 Å². The van der Waals surface area contributed by atoms with Crippen molar-refractivity contribution in [1.82, 2.24) is 19.4 Å². The van der Waals surface area contributed by atoms with Crippen molar-refractivity contribution in [3.63, 3.8) is 0 Å². The highest BCUT2D eigenvalue weighted by atomic mass is 32.2. The summed E-state index contributed by atoms with van der Waals surface area (Å²) in [6.45, 7) is 4.99. The number of aryl methyl sites for hydroxylation is 1. The molecule has 3 heterocycles. The number of H-pyrrole nitrogens is 1. The second-order valence-corrected chi connectivity index (χ2v) is 7.48. The summed E-state index contributed by atoms with van der Waals surface area (Å²) in [5.41, 5.74) is 1.78. The van der Waals surface area contributed by atoms with Gasteiger partial charge in [-0.25, -0.2) is 4.98 Å². The molecule has 1 amide bonds. The smallest absolute Gasteiger partial charge is 0.278 e. The van der Waals surface area contributed by atoms with Crippen LogP contribution in [0.25, 0.3) is 11.0 Å². The number of amides is 1. The van der Waals surface area contributed by atoms with Gasteiger partial charge in [-0.2, -0.15) is 0 Å². The average Bonchev–Trinajstić information content (AvgIpc) is 3.29. The monoisotopic (exact) mass is 388 g/mol. The summed E-state index contributed by atoms with van der Waals surface area (Å²) in [6.07, 6.45) is 3.59. The predicted molar refractivity (Wildman–Crippen MR) is 106 cm³/mol. The Hall–Kier alpha value is -2.48. The molecule has 0 fully saturated rings. The molecular formula is C19H24N4O3S. The van der Waals surface area contributed by atoms with Gasteiger partial charge >= 0.3 is 0 Å². The largest absolute Gasteiger partial charge is 0.467 e. The molecule has 0 aliphatic rings. The maximum Gasteiger partial charge on any atom is 0.278 e. The summed E-state index contributed by atoms with van der Waals surface area (Å²) < 4.78 is 6.95. The maximum atomic E-state index is 13.0. The highest BCUT2D eigenvalue weighted by Gasteiger charge is 2.17. The van der Waals surface area contributed by atoms with Crippen molar-refractivity contribution in [3.8, 4) is 0 Å². The first kappa shape index (κ1) is 19.3. The Morgan fingerprint density at radius 3 is 2.96 bits per heavy atom. The molecule has 8 heteroatoms. The zero-order chi connectivity index (χ0) is 19.4. The van der Waals surface area contributed by atoms with Crippen molar-refractivity contribution in [2.24, 2.45) is 0 Å². The SMILES string of the molecule is CCCCN(C)C(=O)CSc1nc2cc(C)[nH]c2c(=O)n1Cc1ccco1. The molecule has 1 N–H and O–H groups in total. The summed E-state index contributed by atoms with van der Waals surface area (Å²) in [4.78, 5) is 34.7. The number of thioether (sulfide) groups is 1. The Morgan fingerprint density at radius 1 is 1.44 bits per heavy atom. The molecule has 0 aromatic carbocycles. The minimum absolute atomic E-state index is 0.0255. The number of carbonyl (C=O) groups excluding carboxylic acids is 1. The molecule has 144 valence electrons. The Kier molecular flexibility index (Phi) is 6.05. The summed E-state index contributed by atoms with van der Waals surface area (Å²) >= 11 is 1.28. The van der Waals surface area contributed by atoms with E-state index in [1.54, 1.807) is 28.8 Å². The zero-order valence-corrected chi connectivity index (χ0v) is 16.6. The predicted octanol–water partition coefficient (Wildman–Crippen LogP) is 3.02. The first-order chi connectivity index (χ1) is 13.0. The normalized spacial score (nSPS) is 11.2. The minimum atomic E-state index is -0.168. The molecule has 0 saturated heterocycles. The fourth-order valence-corrected chi connectivity index (χ4v) is 3.71. The molecule has 0 unspecified atom stereocenters. The van der Waals surface area contributed by atoms with Gasteiger partial charge in [0.2, 0.25) is 5.91 Å². The first-order valence-corrected chi connectivity index (χ1v) is 9.97. The van der Waals surface area contributed by atoms with Gasteiger partial charge in [-0.3, -0.25) is 14.2 Å². The molecule has 0 bridgehead atoms. The van der Waals surface area contributed by atoms with E-state index >= 15 is 0 Å². The van der Waals surface area contributed by atoms with Crippen molar-refractivity contribution in [2.75, 3.05) is 19.3 Å². The molecule has 7 nitrogen and oxygen atoms in total. The molecule has 3 rings (SSSR count). The molecule has 0 aliphatic carbocycles. The number of hydrogen-bond acceptors (Lipinski definition) is 5. The molecule has 0 saturated carbocycles. The van der Waals surface area contributed by atoms with Crippen molar-refractivity contribution >= 4 is 28.7 Å². The molecule has 0 radical (unpaired) electrons. The number of unbranched alkanes of at least 4 members (excludes halogenated alkanes) is 1. The fourth-order valence-electron chi connectivity index (χ4n) is 2.78. The highest BCUT2D eigenvalue weighted by Crippen LogP contribution is 2.20. The maximum absolute atomic E-state index is 13.0. The van der Waals surface area contributed by atoms with E-state index in [2.05, 4.69) is 16.9 Å². The van der Waals surface area contributed by atoms with Gasteiger partial charge in [0.05, 0.1) is 24.1 Å². The number of aromatic amines is 1. The Bertz CT molecular complexity index is 975. The van der Waals surface area contributed by atoms with Gasteiger partial charge in [-0.15, -0.1) is 0 Å². The van der Waals surface area contributed by atoms with Crippen LogP contribution in [0.5, 0.6) is 0 Å². The molecule has 3 aromatic heterocycles. The Balaban J connectivity index is 1.88. The van der Waals surface area contributed by atoms with Crippen LogP contribution in [-0.4, -0.2) is 44.7 Å². The number of nitrogens with one attached hydrogen (secondary N) is 1. The van der Waals surface area contributed by atoms with Crippen LogP contribution in [0.2, 0.25) is 0 Å². The third kappa shape index (κ3) is 4.44. The average molecular weight is 388 g/mol. The van der Waals surface area contributed by atoms with Crippen LogP contribution in [0.15, 0.2) is 38.8 Å². The van der Waals surface area contributed by atoms with Crippen LogP contribution >= 0.6 is 11.8 Å². The van der Waals surface area contributed by atoms with Crippen molar-refractivity contribution in [1.29, 1.82) is 0 Å². The first-order valence-electron chi connectivity index (χ1n) is 8.99. The number of carbonyl (C=O) groups is 1. The van der Waals surface area contributed by atoms with Crippen molar-refractivity contribution in [3.05, 3.63) is 46.3 Å². The van der Waals surface area contributed by atoms with E-state index in [0.29, 0.717) is 22.0 Å². The molecule has 27 heavy (non-hydrogen) atoms. The molecule has 0 spiro atoms.